The van der Waals surface area contributed by atoms with E-state index in [1.807, 2.05) is 88.8 Å². The van der Waals surface area contributed by atoms with Crippen molar-refractivity contribution in [1.82, 2.24) is 25.1 Å². The Balaban J connectivity index is 1.24. The van der Waals surface area contributed by atoms with E-state index in [1.54, 1.807) is 42.7 Å². The van der Waals surface area contributed by atoms with Gasteiger partial charge in [-0.25, -0.2) is 5.01 Å². The first-order valence-corrected chi connectivity index (χ1v) is 16.5. The predicted molar refractivity (Wildman–Crippen MR) is 179 cm³/mol. The Labute approximate surface area is 275 Å². The van der Waals surface area contributed by atoms with Crippen LogP contribution in [0, 0.1) is 0 Å². The molecule has 6 rings (SSSR count). The van der Waals surface area contributed by atoms with Crippen LogP contribution in [0.4, 0.5) is 0 Å². The summed E-state index contributed by atoms with van der Waals surface area (Å²) >= 11 is 2.88. The van der Waals surface area contributed by atoms with Crippen molar-refractivity contribution >= 4 is 40.6 Å². The molecule has 1 aliphatic rings. The summed E-state index contributed by atoms with van der Waals surface area (Å²) in [4.78, 5) is 27.7. The van der Waals surface area contributed by atoms with Gasteiger partial charge in [-0.05, 0) is 35.2 Å². The van der Waals surface area contributed by atoms with Gasteiger partial charge in [0, 0.05) is 17.5 Å². The van der Waals surface area contributed by atoms with Crippen molar-refractivity contribution in [2.45, 2.75) is 30.7 Å². The van der Waals surface area contributed by atoms with Crippen molar-refractivity contribution in [3.63, 3.8) is 0 Å². The number of hydrogen-bond acceptors (Lipinski definition) is 9. The number of methoxy groups -OCH3 is 2. The summed E-state index contributed by atoms with van der Waals surface area (Å²) in [6.45, 7) is 0.662. The third-order valence-corrected chi connectivity index (χ3v) is 9.38. The molecule has 0 fully saturated rings. The molecule has 0 saturated heterocycles. The summed E-state index contributed by atoms with van der Waals surface area (Å²) in [7, 11) is 3.19. The van der Waals surface area contributed by atoms with E-state index >= 15 is 0 Å². The first-order valence-electron chi connectivity index (χ1n) is 14.6. The van der Waals surface area contributed by atoms with E-state index in [0.29, 0.717) is 41.0 Å². The molecule has 10 nitrogen and oxygen atoms in total. The molecule has 0 unspecified atom stereocenters. The molecule has 0 radical (unpaired) electrons. The molecular weight excluding hydrogens is 621 g/mol. The van der Waals surface area contributed by atoms with E-state index in [-0.39, 0.29) is 30.2 Å². The second kappa shape index (κ2) is 14.4. The Morgan fingerprint density at radius 2 is 1.72 bits per heavy atom. The number of carbonyl (C=O) groups is 2. The largest absolute Gasteiger partial charge is 0.493 e. The molecule has 12 heteroatoms. The summed E-state index contributed by atoms with van der Waals surface area (Å²) in [5.74, 6) is 1.44. The van der Waals surface area contributed by atoms with Crippen molar-refractivity contribution in [3.8, 4) is 11.5 Å². The number of benzene rings is 3. The maximum Gasteiger partial charge on any atom is 0.253 e. The Morgan fingerprint density at radius 1 is 0.935 bits per heavy atom. The van der Waals surface area contributed by atoms with Gasteiger partial charge >= 0.3 is 0 Å². The number of nitrogens with one attached hydrogen (secondary N) is 1. The fourth-order valence-electron chi connectivity index (χ4n) is 5.27. The molecule has 0 spiro atoms. The van der Waals surface area contributed by atoms with Crippen LogP contribution >= 0.6 is 23.1 Å². The molecule has 0 bridgehead atoms. The van der Waals surface area contributed by atoms with Gasteiger partial charge in [-0.2, -0.15) is 5.10 Å². The number of nitrogens with zero attached hydrogens (tertiary/aromatic N) is 5. The fraction of sp³-hybridized carbons (Fsp3) is 0.206. The van der Waals surface area contributed by atoms with Crippen molar-refractivity contribution in [2.24, 2.45) is 5.10 Å². The number of rotatable bonds is 12. The van der Waals surface area contributed by atoms with Crippen LogP contribution in [-0.4, -0.2) is 57.3 Å². The molecule has 0 saturated carbocycles. The Morgan fingerprint density at radius 3 is 2.43 bits per heavy atom. The van der Waals surface area contributed by atoms with Crippen LogP contribution in [0.15, 0.2) is 107 Å². The second-order valence-corrected chi connectivity index (χ2v) is 12.3. The lowest BCUT2D eigenvalue weighted by atomic mass is 9.99. The maximum atomic E-state index is 13.9. The van der Waals surface area contributed by atoms with Crippen LogP contribution in [0.5, 0.6) is 11.5 Å². The molecule has 3 aromatic carbocycles. The number of para-hydroxylation sites is 1. The van der Waals surface area contributed by atoms with E-state index in [4.69, 9.17) is 14.6 Å². The number of aromatic nitrogens is 3. The summed E-state index contributed by atoms with van der Waals surface area (Å²) < 4.78 is 13.2. The van der Waals surface area contributed by atoms with Crippen LogP contribution in [0.2, 0.25) is 0 Å². The molecule has 1 atom stereocenters. The quantitative estimate of drug-likeness (QED) is 0.170. The number of hydrazone groups is 1. The van der Waals surface area contributed by atoms with Gasteiger partial charge < -0.3 is 19.4 Å². The summed E-state index contributed by atoms with van der Waals surface area (Å²) in [5.41, 5.74) is 3.26. The van der Waals surface area contributed by atoms with Crippen molar-refractivity contribution in [2.75, 3.05) is 20.0 Å². The van der Waals surface area contributed by atoms with Gasteiger partial charge in [-0.1, -0.05) is 78.5 Å². The third kappa shape index (κ3) is 6.82. The van der Waals surface area contributed by atoms with Gasteiger partial charge in [0.05, 0.1) is 49.7 Å². The number of hydrogen-bond donors (Lipinski definition) is 1. The van der Waals surface area contributed by atoms with Crippen molar-refractivity contribution in [1.29, 1.82) is 0 Å². The van der Waals surface area contributed by atoms with Gasteiger partial charge in [0.2, 0.25) is 0 Å². The molecule has 1 N–H and O–H groups in total. The highest BCUT2D eigenvalue weighted by molar-refractivity contribution is 7.99. The zero-order chi connectivity index (χ0) is 31.9. The van der Waals surface area contributed by atoms with Gasteiger partial charge in [-0.15, -0.1) is 21.5 Å². The number of thioether (sulfide) groups is 1. The highest BCUT2D eigenvalue weighted by atomic mass is 32.2. The maximum absolute atomic E-state index is 13.9. The van der Waals surface area contributed by atoms with Crippen LogP contribution in [0.25, 0.3) is 0 Å². The van der Waals surface area contributed by atoms with Gasteiger partial charge in [0.25, 0.3) is 11.8 Å². The lowest BCUT2D eigenvalue weighted by Gasteiger charge is -2.24. The van der Waals surface area contributed by atoms with Crippen molar-refractivity contribution < 1.29 is 19.1 Å². The smallest absolute Gasteiger partial charge is 0.253 e. The van der Waals surface area contributed by atoms with Crippen LogP contribution in [0.3, 0.4) is 0 Å². The van der Waals surface area contributed by atoms with Crippen LogP contribution < -0.4 is 14.8 Å². The first-order chi connectivity index (χ1) is 22.6. The Hall–Kier alpha value is -4.94. The Bertz CT molecular complexity index is 1830. The fourth-order valence-corrected chi connectivity index (χ4v) is 6.80. The molecule has 1 aliphatic heterocycles. The lowest BCUT2D eigenvalue weighted by molar-refractivity contribution is -0.130. The number of carbonyl (C=O) groups excluding carboxylic acids is 2. The van der Waals surface area contributed by atoms with Gasteiger partial charge in [0.1, 0.15) is 0 Å². The monoisotopic (exact) mass is 652 g/mol. The number of ether oxygens (including phenoxy) is 2. The molecule has 3 heterocycles. The highest BCUT2D eigenvalue weighted by Gasteiger charge is 2.36. The summed E-state index contributed by atoms with van der Waals surface area (Å²) in [6.07, 6.45) is 0.538. The molecule has 5 aromatic rings. The summed E-state index contributed by atoms with van der Waals surface area (Å²) in [6, 6.07) is 28.2. The molecule has 234 valence electrons. The minimum atomic E-state index is -0.374. The minimum absolute atomic E-state index is 0.0767. The van der Waals surface area contributed by atoms with Crippen molar-refractivity contribution in [3.05, 3.63) is 124 Å². The zero-order valence-electron chi connectivity index (χ0n) is 25.3. The van der Waals surface area contributed by atoms with E-state index < -0.39 is 0 Å². The average Bonchev–Trinajstić information content (AvgIpc) is 3.87. The average molecular weight is 653 g/mol. The summed E-state index contributed by atoms with van der Waals surface area (Å²) in [5, 5.41) is 20.7. The molecule has 2 amide bonds. The standard InChI is InChI=1S/C34H32N6O4S2/c1-43-28-16-9-15-25(32(28)44-2)27-19-26(29-17-10-18-45-29)38-40(27)31(41)22-46-34-37-36-30(39(34)21-23-11-5-3-6-12-23)20-35-33(42)24-13-7-4-8-14-24/h3-18,27H,19-22H2,1-2H3,(H,35,42)/t27-/m1/s1. The van der Waals surface area contributed by atoms with E-state index in [0.717, 1.165) is 21.7 Å². The highest BCUT2D eigenvalue weighted by Crippen LogP contribution is 2.42. The van der Waals surface area contributed by atoms with Crippen LogP contribution in [0.1, 0.15) is 44.6 Å². The molecule has 2 aromatic heterocycles. The molecule has 0 aliphatic carbocycles. The van der Waals surface area contributed by atoms with E-state index in [1.165, 1.54) is 11.8 Å². The zero-order valence-corrected chi connectivity index (χ0v) is 27.0. The molecular formula is C34H32N6O4S2. The second-order valence-electron chi connectivity index (χ2n) is 10.4. The topological polar surface area (TPSA) is 111 Å². The lowest BCUT2D eigenvalue weighted by Crippen LogP contribution is -2.29. The minimum Gasteiger partial charge on any atom is -0.493 e. The molecule has 46 heavy (non-hydrogen) atoms. The van der Waals surface area contributed by atoms with E-state index in [2.05, 4.69) is 15.5 Å². The number of amides is 2. The number of thiophene rings is 1. The normalized spacial score (nSPS) is 14.2. The van der Waals surface area contributed by atoms with Crippen LogP contribution in [-0.2, 0) is 17.9 Å². The van der Waals surface area contributed by atoms with Gasteiger partial charge in [-0.3, -0.25) is 9.59 Å². The van der Waals surface area contributed by atoms with Gasteiger partial charge in [0.15, 0.2) is 22.5 Å². The SMILES string of the molecule is COc1cccc([C@H]2CC(c3cccs3)=NN2C(=O)CSc2nnc(CNC(=O)c3ccccc3)n2Cc2ccccc2)c1OC. The van der Waals surface area contributed by atoms with E-state index in [9.17, 15) is 9.59 Å². The predicted octanol–water partition coefficient (Wildman–Crippen LogP) is 5.81. The third-order valence-electron chi connectivity index (χ3n) is 7.51. The Kier molecular flexibility index (Phi) is 9.75. The first kappa shape index (κ1) is 31.1.